The molecule has 0 aliphatic carbocycles. The van der Waals surface area contributed by atoms with Gasteiger partial charge in [-0.15, -0.1) is 0 Å². The van der Waals surface area contributed by atoms with E-state index in [1.165, 1.54) is 0 Å². The molecule has 0 atom stereocenters. The van der Waals surface area contributed by atoms with Crippen molar-refractivity contribution in [2.45, 2.75) is 6.92 Å². The third-order valence-corrected chi connectivity index (χ3v) is 4.12. The van der Waals surface area contributed by atoms with Gasteiger partial charge in [0.25, 0.3) is 0 Å². The molecule has 3 aromatic rings. The fourth-order valence-corrected chi connectivity index (χ4v) is 2.44. The Morgan fingerprint density at radius 2 is 2.00 bits per heavy atom. The average molecular weight is 329 g/mol. The largest absolute Gasteiger partial charge is 0.398 e. The van der Waals surface area contributed by atoms with Crippen LogP contribution in [0.15, 0.2) is 53.4 Å². The Bertz CT molecular complexity index is 764. The van der Waals surface area contributed by atoms with Gasteiger partial charge in [-0.1, -0.05) is 18.2 Å². The highest BCUT2D eigenvalue weighted by Gasteiger charge is 2.10. The van der Waals surface area contributed by atoms with Crippen molar-refractivity contribution in [2.75, 3.05) is 5.73 Å². The number of hydrogen-bond acceptors (Lipinski definition) is 3. The van der Waals surface area contributed by atoms with E-state index in [0.717, 1.165) is 32.7 Å². The number of para-hydroxylation sites is 1. The number of nitrogens with zero attached hydrogens (tertiary/aromatic N) is 3. The van der Waals surface area contributed by atoms with Crippen LogP contribution in [0.5, 0.6) is 0 Å². The Kier molecular flexibility index (Phi) is 3.28. The molecule has 0 bridgehead atoms. The van der Waals surface area contributed by atoms with E-state index in [9.17, 15) is 0 Å². The molecule has 0 aliphatic heterocycles. The first-order chi connectivity index (χ1) is 9.66. The molecule has 2 N–H and O–H groups in total. The summed E-state index contributed by atoms with van der Waals surface area (Å²) >= 11 is 3.55. The number of nitrogen functional groups attached to an aromatic ring is 1. The normalized spacial score (nSPS) is 10.7. The Hall–Kier alpha value is -2.14. The van der Waals surface area contributed by atoms with Crippen LogP contribution >= 0.6 is 15.9 Å². The number of anilines is 1. The van der Waals surface area contributed by atoms with E-state index < -0.39 is 0 Å². The Balaban J connectivity index is 2.07. The average Bonchev–Trinajstić information content (AvgIpc) is 2.92. The van der Waals surface area contributed by atoms with Gasteiger partial charge in [0.2, 0.25) is 0 Å². The van der Waals surface area contributed by atoms with E-state index in [0.29, 0.717) is 0 Å². The first-order valence-electron chi connectivity index (χ1n) is 6.18. The van der Waals surface area contributed by atoms with Gasteiger partial charge in [0.1, 0.15) is 0 Å². The van der Waals surface area contributed by atoms with Crippen LogP contribution in [0.2, 0.25) is 0 Å². The minimum atomic E-state index is 0.739. The maximum Gasteiger partial charge on any atom is 0.167 e. The molecule has 0 spiro atoms. The van der Waals surface area contributed by atoms with Gasteiger partial charge in [0.15, 0.2) is 5.82 Å². The van der Waals surface area contributed by atoms with Gasteiger partial charge in [-0.05, 0) is 40.5 Å². The van der Waals surface area contributed by atoms with E-state index in [-0.39, 0.29) is 0 Å². The Morgan fingerprint density at radius 1 is 1.20 bits per heavy atom. The van der Waals surface area contributed by atoms with Crippen molar-refractivity contribution in [1.29, 1.82) is 0 Å². The van der Waals surface area contributed by atoms with Gasteiger partial charge in [-0.25, -0.2) is 9.67 Å². The summed E-state index contributed by atoms with van der Waals surface area (Å²) in [5, 5.41) is 4.37. The summed E-state index contributed by atoms with van der Waals surface area (Å²) in [5.74, 6) is 0.769. The first kappa shape index (κ1) is 12.9. The van der Waals surface area contributed by atoms with Crippen LogP contribution in [-0.2, 0) is 0 Å². The van der Waals surface area contributed by atoms with Gasteiger partial charge in [0, 0.05) is 29.2 Å². The molecule has 2 heterocycles. The molecule has 5 heteroatoms. The molecule has 0 fully saturated rings. The molecular weight excluding hydrogens is 316 g/mol. The number of aromatic nitrogens is 3. The molecule has 0 amide bonds. The van der Waals surface area contributed by atoms with Crippen molar-refractivity contribution in [3.8, 4) is 16.9 Å². The number of halogens is 1. The summed E-state index contributed by atoms with van der Waals surface area (Å²) in [5.41, 5.74) is 9.79. The Labute approximate surface area is 125 Å². The molecule has 20 heavy (non-hydrogen) atoms. The number of hydrogen-bond donors (Lipinski definition) is 1. The van der Waals surface area contributed by atoms with E-state index >= 15 is 0 Å². The second-order valence-electron chi connectivity index (χ2n) is 4.53. The monoisotopic (exact) mass is 328 g/mol. The van der Waals surface area contributed by atoms with Crippen molar-refractivity contribution >= 4 is 21.6 Å². The molecule has 2 aromatic heterocycles. The number of rotatable bonds is 2. The topological polar surface area (TPSA) is 56.7 Å². The van der Waals surface area contributed by atoms with Crippen molar-refractivity contribution in [2.24, 2.45) is 0 Å². The maximum absolute atomic E-state index is 5.99. The van der Waals surface area contributed by atoms with Crippen LogP contribution in [0.25, 0.3) is 16.9 Å². The summed E-state index contributed by atoms with van der Waals surface area (Å²) in [7, 11) is 0. The summed E-state index contributed by atoms with van der Waals surface area (Å²) in [6.07, 6.45) is 5.49. The van der Waals surface area contributed by atoms with E-state index in [1.807, 2.05) is 43.5 Å². The third kappa shape index (κ3) is 2.20. The van der Waals surface area contributed by atoms with Gasteiger partial charge >= 0.3 is 0 Å². The number of nitrogens with two attached hydrogens (primary N) is 1. The quantitative estimate of drug-likeness (QED) is 0.731. The summed E-state index contributed by atoms with van der Waals surface area (Å²) in [4.78, 5) is 4.36. The third-order valence-electron chi connectivity index (χ3n) is 3.14. The first-order valence-corrected chi connectivity index (χ1v) is 6.97. The number of aryl methyl sites for hydroxylation is 1. The van der Waals surface area contributed by atoms with Crippen LogP contribution < -0.4 is 5.73 Å². The van der Waals surface area contributed by atoms with Crippen molar-refractivity contribution in [3.63, 3.8) is 0 Å². The summed E-state index contributed by atoms with van der Waals surface area (Å²) in [6, 6.07) is 9.70. The molecule has 100 valence electrons. The molecule has 0 aliphatic rings. The van der Waals surface area contributed by atoms with Crippen LogP contribution in [0.1, 0.15) is 5.56 Å². The van der Waals surface area contributed by atoms with Crippen LogP contribution in [0.4, 0.5) is 5.69 Å². The fraction of sp³-hybridized carbons (Fsp3) is 0.0667. The predicted octanol–water partition coefficient (Wildman–Crippen LogP) is 3.59. The molecule has 0 radical (unpaired) electrons. The molecule has 0 unspecified atom stereocenters. The van der Waals surface area contributed by atoms with Gasteiger partial charge < -0.3 is 5.73 Å². The summed E-state index contributed by atoms with van der Waals surface area (Å²) < 4.78 is 2.69. The van der Waals surface area contributed by atoms with Crippen molar-refractivity contribution in [3.05, 3.63) is 59.0 Å². The lowest BCUT2D eigenvalue weighted by Crippen LogP contribution is -1.99. The van der Waals surface area contributed by atoms with Gasteiger partial charge in [-0.2, -0.15) is 5.10 Å². The molecule has 3 rings (SSSR count). The highest BCUT2D eigenvalue weighted by Crippen LogP contribution is 2.27. The number of benzene rings is 1. The van der Waals surface area contributed by atoms with Gasteiger partial charge in [-0.3, -0.25) is 0 Å². The molecule has 4 nitrogen and oxygen atoms in total. The standard InChI is InChI=1S/C15H13BrN4/c1-10-6-7-18-15(14(10)16)20-9-11(8-19-20)12-4-2-3-5-13(12)17/h2-9H,17H2,1H3. The molecule has 0 saturated carbocycles. The lowest BCUT2D eigenvalue weighted by atomic mass is 10.1. The van der Waals surface area contributed by atoms with E-state index in [4.69, 9.17) is 5.73 Å². The van der Waals surface area contributed by atoms with E-state index in [1.54, 1.807) is 17.1 Å². The second-order valence-corrected chi connectivity index (χ2v) is 5.32. The lowest BCUT2D eigenvalue weighted by Gasteiger charge is -2.05. The fourth-order valence-electron chi connectivity index (χ4n) is 2.02. The lowest BCUT2D eigenvalue weighted by molar-refractivity contribution is 0.839. The maximum atomic E-state index is 5.99. The highest BCUT2D eigenvalue weighted by atomic mass is 79.9. The zero-order valence-electron chi connectivity index (χ0n) is 10.9. The van der Waals surface area contributed by atoms with Crippen LogP contribution in [0, 0.1) is 6.92 Å². The van der Waals surface area contributed by atoms with E-state index in [2.05, 4.69) is 26.0 Å². The second kappa shape index (κ2) is 5.09. The molecule has 0 saturated heterocycles. The highest BCUT2D eigenvalue weighted by molar-refractivity contribution is 9.10. The SMILES string of the molecule is Cc1ccnc(-n2cc(-c3ccccc3N)cn2)c1Br. The Morgan fingerprint density at radius 3 is 2.80 bits per heavy atom. The molecule has 1 aromatic carbocycles. The van der Waals surface area contributed by atoms with Crippen LogP contribution in [0.3, 0.4) is 0 Å². The minimum absolute atomic E-state index is 0.739. The number of pyridine rings is 1. The van der Waals surface area contributed by atoms with Crippen molar-refractivity contribution < 1.29 is 0 Å². The zero-order valence-corrected chi connectivity index (χ0v) is 12.5. The molecular formula is C15H13BrN4. The zero-order chi connectivity index (χ0) is 14.1. The minimum Gasteiger partial charge on any atom is -0.398 e. The predicted molar refractivity (Wildman–Crippen MR) is 83.6 cm³/mol. The summed E-state index contributed by atoms with van der Waals surface area (Å²) in [6.45, 7) is 2.02. The van der Waals surface area contributed by atoms with Crippen LogP contribution in [-0.4, -0.2) is 14.8 Å². The van der Waals surface area contributed by atoms with Gasteiger partial charge in [0.05, 0.1) is 10.7 Å². The smallest absolute Gasteiger partial charge is 0.167 e. The van der Waals surface area contributed by atoms with Crippen molar-refractivity contribution in [1.82, 2.24) is 14.8 Å².